The fourth-order valence-corrected chi connectivity index (χ4v) is 3.11. The van der Waals surface area contributed by atoms with Crippen LogP contribution < -0.4 is 10.5 Å². The molecule has 21 heavy (non-hydrogen) atoms. The Morgan fingerprint density at radius 3 is 2.90 bits per heavy atom. The molecule has 3 unspecified atom stereocenters. The number of carbonyl (C=O) groups is 1. The summed E-state index contributed by atoms with van der Waals surface area (Å²) in [7, 11) is 0. The van der Waals surface area contributed by atoms with Crippen LogP contribution in [0.5, 0.6) is 5.75 Å². The van der Waals surface area contributed by atoms with Crippen LogP contribution in [-0.4, -0.2) is 36.0 Å². The minimum Gasteiger partial charge on any atom is -0.480 e. The van der Waals surface area contributed by atoms with Gasteiger partial charge in [0.05, 0.1) is 4.47 Å². The van der Waals surface area contributed by atoms with E-state index in [1.165, 1.54) is 18.2 Å². The van der Waals surface area contributed by atoms with Gasteiger partial charge in [0.1, 0.15) is 11.6 Å². The summed E-state index contributed by atoms with van der Waals surface area (Å²) >= 11 is 3.23. The van der Waals surface area contributed by atoms with Crippen LogP contribution in [0.15, 0.2) is 22.7 Å². The van der Waals surface area contributed by atoms with Gasteiger partial charge in [-0.3, -0.25) is 4.79 Å². The highest BCUT2D eigenvalue weighted by atomic mass is 79.9. The van der Waals surface area contributed by atoms with Gasteiger partial charge in [0, 0.05) is 12.6 Å². The summed E-state index contributed by atoms with van der Waals surface area (Å²) in [5.74, 6) is 0.398. The molecule has 6 heteroatoms. The van der Waals surface area contributed by atoms with E-state index in [4.69, 9.17) is 10.5 Å². The minimum atomic E-state index is -0.620. The lowest BCUT2D eigenvalue weighted by molar-refractivity contribution is -0.138. The predicted molar refractivity (Wildman–Crippen MR) is 82.5 cm³/mol. The zero-order chi connectivity index (χ0) is 15.6. The van der Waals surface area contributed by atoms with Crippen molar-refractivity contribution >= 4 is 21.8 Å². The molecule has 1 heterocycles. The van der Waals surface area contributed by atoms with Crippen LogP contribution in [0.2, 0.25) is 0 Å². The second-order valence-electron chi connectivity index (χ2n) is 5.51. The van der Waals surface area contributed by atoms with Crippen LogP contribution in [0.25, 0.3) is 0 Å². The van der Waals surface area contributed by atoms with E-state index in [9.17, 15) is 9.18 Å². The molecule has 0 spiro atoms. The molecule has 1 fully saturated rings. The highest BCUT2D eigenvalue weighted by Crippen LogP contribution is 2.28. The molecule has 1 saturated heterocycles. The maximum absolute atomic E-state index is 13.0. The van der Waals surface area contributed by atoms with Gasteiger partial charge in [-0.1, -0.05) is 0 Å². The molecule has 2 N–H and O–H groups in total. The highest BCUT2D eigenvalue weighted by molar-refractivity contribution is 9.10. The molecule has 4 nitrogen and oxygen atoms in total. The number of carbonyl (C=O) groups excluding carboxylic acids is 1. The number of rotatable bonds is 4. The maximum Gasteiger partial charge on any atom is 0.263 e. The van der Waals surface area contributed by atoms with Crippen molar-refractivity contribution in [1.82, 2.24) is 4.90 Å². The Morgan fingerprint density at radius 2 is 2.33 bits per heavy atom. The first kappa shape index (κ1) is 16.2. The Bertz CT molecular complexity index is 526. The second-order valence-corrected chi connectivity index (χ2v) is 6.37. The number of halogens is 2. The van der Waals surface area contributed by atoms with Crippen LogP contribution in [-0.2, 0) is 4.79 Å². The third kappa shape index (κ3) is 3.74. The van der Waals surface area contributed by atoms with Gasteiger partial charge in [0.15, 0.2) is 6.10 Å². The molecule has 2 rings (SSSR count). The lowest BCUT2D eigenvalue weighted by atomic mass is 10.1. The number of nitrogens with zero attached hydrogens (tertiary/aromatic N) is 1. The monoisotopic (exact) mass is 358 g/mol. The zero-order valence-corrected chi connectivity index (χ0v) is 13.8. The second kappa shape index (κ2) is 6.75. The van der Waals surface area contributed by atoms with Crippen LogP contribution in [0.3, 0.4) is 0 Å². The van der Waals surface area contributed by atoms with E-state index >= 15 is 0 Å². The smallest absolute Gasteiger partial charge is 0.263 e. The number of ether oxygens (including phenoxy) is 1. The summed E-state index contributed by atoms with van der Waals surface area (Å²) in [5.41, 5.74) is 5.68. The fraction of sp³-hybridized carbons (Fsp3) is 0.533. The van der Waals surface area contributed by atoms with Gasteiger partial charge in [0.25, 0.3) is 5.91 Å². The average Bonchev–Trinajstić information content (AvgIpc) is 2.82. The average molecular weight is 359 g/mol. The van der Waals surface area contributed by atoms with E-state index in [-0.39, 0.29) is 17.8 Å². The van der Waals surface area contributed by atoms with E-state index in [1.54, 1.807) is 6.92 Å². The molecule has 0 radical (unpaired) electrons. The van der Waals surface area contributed by atoms with Crippen molar-refractivity contribution in [2.75, 3.05) is 13.1 Å². The van der Waals surface area contributed by atoms with Gasteiger partial charge >= 0.3 is 0 Å². The van der Waals surface area contributed by atoms with Gasteiger partial charge < -0.3 is 15.4 Å². The minimum absolute atomic E-state index is 0.0605. The summed E-state index contributed by atoms with van der Waals surface area (Å²) in [4.78, 5) is 14.3. The molecule has 3 atom stereocenters. The maximum atomic E-state index is 13.0. The number of hydrogen-bond acceptors (Lipinski definition) is 3. The van der Waals surface area contributed by atoms with Crippen molar-refractivity contribution < 1.29 is 13.9 Å². The Hall–Kier alpha value is -1.14. The Balaban J connectivity index is 2.03. The number of benzene rings is 1. The lowest BCUT2D eigenvalue weighted by Gasteiger charge is -2.25. The van der Waals surface area contributed by atoms with Crippen molar-refractivity contribution in [3.05, 3.63) is 28.5 Å². The lowest BCUT2D eigenvalue weighted by Crippen LogP contribution is -2.42. The molecule has 1 aliphatic heterocycles. The predicted octanol–water partition coefficient (Wildman–Crippen LogP) is 2.55. The molecule has 116 valence electrons. The molecular formula is C15H20BrFN2O2. The number of likely N-dealkylation sites (tertiary alicyclic amines) is 1. The Labute approximate surface area is 132 Å². The summed E-state index contributed by atoms with van der Waals surface area (Å²) in [5, 5.41) is 0. The molecule has 1 amide bonds. The molecule has 0 saturated carbocycles. The van der Waals surface area contributed by atoms with Crippen molar-refractivity contribution in [2.45, 2.75) is 32.4 Å². The largest absolute Gasteiger partial charge is 0.480 e. The van der Waals surface area contributed by atoms with Crippen LogP contribution >= 0.6 is 15.9 Å². The number of amides is 1. The van der Waals surface area contributed by atoms with E-state index in [1.807, 2.05) is 11.8 Å². The van der Waals surface area contributed by atoms with Crippen molar-refractivity contribution in [2.24, 2.45) is 11.7 Å². The molecule has 1 aromatic carbocycles. The van der Waals surface area contributed by atoms with Gasteiger partial charge in [-0.25, -0.2) is 4.39 Å². The summed E-state index contributed by atoms with van der Waals surface area (Å²) in [6.07, 6.45) is 0.306. The van der Waals surface area contributed by atoms with E-state index < -0.39 is 6.10 Å². The van der Waals surface area contributed by atoms with E-state index in [0.29, 0.717) is 29.2 Å². The summed E-state index contributed by atoms with van der Waals surface area (Å²) in [6.45, 7) is 5.00. The van der Waals surface area contributed by atoms with Crippen LogP contribution in [0.4, 0.5) is 4.39 Å². The standard InChI is InChI=1S/C15H20BrFN2O2/c1-9-5-11(7-18)8-19(9)15(20)10(2)21-14-4-3-12(17)6-13(14)16/h3-4,6,9-11H,5,7-8,18H2,1-2H3. The van der Waals surface area contributed by atoms with Crippen LogP contribution in [0, 0.1) is 11.7 Å². The van der Waals surface area contributed by atoms with E-state index in [0.717, 1.165) is 6.42 Å². The fourth-order valence-electron chi connectivity index (χ4n) is 2.67. The van der Waals surface area contributed by atoms with Gasteiger partial charge in [0.2, 0.25) is 0 Å². The van der Waals surface area contributed by atoms with Crippen molar-refractivity contribution in [3.63, 3.8) is 0 Å². The first-order chi connectivity index (χ1) is 9.92. The summed E-state index contributed by atoms with van der Waals surface area (Å²) in [6, 6.07) is 4.31. The Kier molecular flexibility index (Phi) is 5.22. The van der Waals surface area contributed by atoms with Crippen molar-refractivity contribution in [3.8, 4) is 5.75 Å². The van der Waals surface area contributed by atoms with Crippen LogP contribution in [0.1, 0.15) is 20.3 Å². The first-order valence-electron chi connectivity index (χ1n) is 7.04. The molecule has 0 aliphatic carbocycles. The van der Waals surface area contributed by atoms with Gasteiger partial charge in [-0.05, 0) is 66.9 Å². The molecule has 1 aliphatic rings. The highest BCUT2D eigenvalue weighted by Gasteiger charge is 2.34. The molecular weight excluding hydrogens is 339 g/mol. The molecule has 1 aromatic rings. The Morgan fingerprint density at radius 1 is 1.62 bits per heavy atom. The third-order valence-electron chi connectivity index (χ3n) is 3.82. The number of nitrogens with two attached hydrogens (primary N) is 1. The normalized spacial score (nSPS) is 23.2. The summed E-state index contributed by atoms with van der Waals surface area (Å²) < 4.78 is 19.2. The van der Waals surface area contributed by atoms with Crippen molar-refractivity contribution in [1.29, 1.82) is 0 Å². The number of hydrogen-bond donors (Lipinski definition) is 1. The quantitative estimate of drug-likeness (QED) is 0.899. The SMILES string of the molecule is CC(Oc1ccc(F)cc1Br)C(=O)N1CC(CN)CC1C. The topological polar surface area (TPSA) is 55.6 Å². The molecule has 0 bridgehead atoms. The van der Waals surface area contributed by atoms with E-state index in [2.05, 4.69) is 15.9 Å². The van der Waals surface area contributed by atoms with Gasteiger partial charge in [-0.2, -0.15) is 0 Å². The third-order valence-corrected chi connectivity index (χ3v) is 4.44. The first-order valence-corrected chi connectivity index (χ1v) is 7.84. The molecule has 0 aromatic heterocycles. The zero-order valence-electron chi connectivity index (χ0n) is 12.2. The van der Waals surface area contributed by atoms with Gasteiger partial charge in [-0.15, -0.1) is 0 Å².